The zero-order chi connectivity index (χ0) is 11.1. The van der Waals surface area contributed by atoms with Crippen LogP contribution in [-0.2, 0) is 12.8 Å². The lowest BCUT2D eigenvalue weighted by atomic mass is 10.00. The molecule has 1 aromatic rings. The summed E-state index contributed by atoms with van der Waals surface area (Å²) in [6, 6.07) is 9.11. The summed E-state index contributed by atoms with van der Waals surface area (Å²) in [7, 11) is 0. The van der Waals surface area contributed by atoms with Crippen LogP contribution >= 0.6 is 0 Å². The average Bonchev–Trinajstić information content (AvgIpc) is 2.20. The van der Waals surface area contributed by atoms with Gasteiger partial charge in [-0.15, -0.1) is 0 Å². The fourth-order valence-corrected chi connectivity index (χ4v) is 1.82. The van der Waals surface area contributed by atoms with Gasteiger partial charge in [0.15, 0.2) is 0 Å². The SMILES string of the molecule is [CH2]CCCCc1ccc(CC(C)C)cc1. The first-order chi connectivity index (χ1) is 7.22. The second-order valence-corrected chi connectivity index (χ2v) is 4.73. The third-order valence-electron chi connectivity index (χ3n) is 2.63. The van der Waals surface area contributed by atoms with Crippen LogP contribution in [0.5, 0.6) is 0 Å². The van der Waals surface area contributed by atoms with Crippen molar-refractivity contribution in [2.24, 2.45) is 5.92 Å². The van der Waals surface area contributed by atoms with Gasteiger partial charge >= 0.3 is 0 Å². The fourth-order valence-electron chi connectivity index (χ4n) is 1.82. The van der Waals surface area contributed by atoms with E-state index in [4.69, 9.17) is 0 Å². The summed E-state index contributed by atoms with van der Waals surface area (Å²) in [5, 5.41) is 0. The molecular formula is C15H23. The van der Waals surface area contributed by atoms with E-state index in [1.165, 1.54) is 36.8 Å². The highest BCUT2D eigenvalue weighted by atomic mass is 14.0. The number of hydrogen-bond donors (Lipinski definition) is 0. The van der Waals surface area contributed by atoms with E-state index in [-0.39, 0.29) is 0 Å². The molecule has 0 aliphatic rings. The Hall–Kier alpha value is -0.780. The Labute approximate surface area is 94.7 Å². The van der Waals surface area contributed by atoms with Gasteiger partial charge in [-0.25, -0.2) is 0 Å². The molecule has 0 amide bonds. The molecule has 1 radical (unpaired) electrons. The molecule has 0 aliphatic carbocycles. The number of aryl methyl sites for hydroxylation is 1. The predicted octanol–water partition coefficient (Wildman–Crippen LogP) is 4.43. The van der Waals surface area contributed by atoms with Gasteiger partial charge in [0, 0.05) is 0 Å². The molecule has 0 atom stereocenters. The van der Waals surface area contributed by atoms with E-state index in [9.17, 15) is 0 Å². The van der Waals surface area contributed by atoms with E-state index in [1.807, 2.05) is 0 Å². The van der Waals surface area contributed by atoms with Crippen LogP contribution in [0.4, 0.5) is 0 Å². The normalized spacial score (nSPS) is 10.9. The lowest BCUT2D eigenvalue weighted by Gasteiger charge is -2.06. The highest BCUT2D eigenvalue weighted by molar-refractivity contribution is 5.22. The van der Waals surface area contributed by atoms with Crippen molar-refractivity contribution >= 4 is 0 Å². The van der Waals surface area contributed by atoms with Gasteiger partial charge in [0.1, 0.15) is 0 Å². The predicted molar refractivity (Wildman–Crippen MR) is 67.9 cm³/mol. The van der Waals surface area contributed by atoms with Gasteiger partial charge in [0.25, 0.3) is 0 Å². The molecule has 0 N–H and O–H groups in total. The summed E-state index contributed by atoms with van der Waals surface area (Å²) in [4.78, 5) is 0. The Morgan fingerprint density at radius 1 is 1.00 bits per heavy atom. The molecule has 1 rings (SSSR count). The maximum atomic E-state index is 3.86. The molecule has 0 fully saturated rings. The van der Waals surface area contributed by atoms with Gasteiger partial charge in [-0.05, 0) is 36.3 Å². The van der Waals surface area contributed by atoms with Gasteiger partial charge in [-0.1, -0.05) is 57.9 Å². The van der Waals surface area contributed by atoms with Gasteiger partial charge in [0.2, 0.25) is 0 Å². The van der Waals surface area contributed by atoms with Crippen molar-refractivity contribution in [3.8, 4) is 0 Å². The fraction of sp³-hybridized carbons (Fsp3) is 0.533. The highest BCUT2D eigenvalue weighted by Gasteiger charge is 1.98. The summed E-state index contributed by atoms with van der Waals surface area (Å²) in [6.45, 7) is 8.40. The second kappa shape index (κ2) is 6.66. The standard InChI is InChI=1S/C15H23/c1-4-5-6-7-14-8-10-15(11-9-14)12-13(2)3/h8-11,13H,1,4-7,12H2,2-3H3. The monoisotopic (exact) mass is 203 g/mol. The molecule has 0 unspecified atom stereocenters. The van der Waals surface area contributed by atoms with Crippen LogP contribution in [0.1, 0.15) is 44.2 Å². The van der Waals surface area contributed by atoms with Gasteiger partial charge in [0.05, 0.1) is 0 Å². The summed E-state index contributed by atoms with van der Waals surface area (Å²) >= 11 is 0. The van der Waals surface area contributed by atoms with E-state index in [0.717, 1.165) is 12.3 Å². The molecule has 0 saturated carbocycles. The number of benzene rings is 1. The zero-order valence-electron chi connectivity index (χ0n) is 10.1. The molecule has 0 saturated heterocycles. The molecule has 0 spiro atoms. The topological polar surface area (TPSA) is 0 Å². The third kappa shape index (κ3) is 5.01. The summed E-state index contributed by atoms with van der Waals surface area (Å²) in [5.41, 5.74) is 2.93. The largest absolute Gasteiger partial charge is 0.0625 e. The Morgan fingerprint density at radius 3 is 2.13 bits per heavy atom. The van der Waals surface area contributed by atoms with Crippen molar-refractivity contribution < 1.29 is 0 Å². The van der Waals surface area contributed by atoms with Crippen LogP contribution in [0.3, 0.4) is 0 Å². The molecule has 0 nitrogen and oxygen atoms in total. The van der Waals surface area contributed by atoms with Crippen LogP contribution in [-0.4, -0.2) is 0 Å². The van der Waals surface area contributed by atoms with E-state index >= 15 is 0 Å². The van der Waals surface area contributed by atoms with Crippen LogP contribution in [0, 0.1) is 12.8 Å². The van der Waals surface area contributed by atoms with Crippen molar-refractivity contribution in [3.63, 3.8) is 0 Å². The van der Waals surface area contributed by atoms with Gasteiger partial charge in [-0.3, -0.25) is 0 Å². The third-order valence-corrected chi connectivity index (χ3v) is 2.63. The molecule has 0 bridgehead atoms. The molecule has 0 aromatic heterocycles. The number of unbranched alkanes of at least 4 members (excludes halogenated alkanes) is 2. The molecule has 83 valence electrons. The molecular weight excluding hydrogens is 180 g/mol. The minimum atomic E-state index is 0.752. The van der Waals surface area contributed by atoms with Crippen molar-refractivity contribution in [2.75, 3.05) is 0 Å². The first-order valence-corrected chi connectivity index (χ1v) is 6.09. The quantitative estimate of drug-likeness (QED) is 0.600. The minimum absolute atomic E-state index is 0.752. The smallest absolute Gasteiger partial charge is 0.0256 e. The van der Waals surface area contributed by atoms with E-state index in [0.29, 0.717) is 0 Å². The Kier molecular flexibility index (Phi) is 5.45. The van der Waals surface area contributed by atoms with E-state index in [2.05, 4.69) is 45.0 Å². The summed E-state index contributed by atoms with van der Waals surface area (Å²) in [5.74, 6) is 0.752. The van der Waals surface area contributed by atoms with Crippen molar-refractivity contribution in [2.45, 2.75) is 46.0 Å². The van der Waals surface area contributed by atoms with Crippen molar-refractivity contribution in [1.82, 2.24) is 0 Å². The van der Waals surface area contributed by atoms with Crippen LogP contribution in [0.2, 0.25) is 0 Å². The average molecular weight is 203 g/mol. The van der Waals surface area contributed by atoms with E-state index in [1.54, 1.807) is 0 Å². The maximum Gasteiger partial charge on any atom is -0.0256 e. The maximum absolute atomic E-state index is 3.86. The lowest BCUT2D eigenvalue weighted by molar-refractivity contribution is 0.647. The van der Waals surface area contributed by atoms with Gasteiger partial charge in [-0.2, -0.15) is 0 Å². The number of hydrogen-bond acceptors (Lipinski definition) is 0. The van der Waals surface area contributed by atoms with E-state index < -0.39 is 0 Å². The summed E-state index contributed by atoms with van der Waals surface area (Å²) in [6.07, 6.45) is 5.98. The Morgan fingerprint density at radius 2 is 1.60 bits per heavy atom. The molecule has 0 heteroatoms. The second-order valence-electron chi connectivity index (χ2n) is 4.73. The van der Waals surface area contributed by atoms with Crippen molar-refractivity contribution in [1.29, 1.82) is 0 Å². The first-order valence-electron chi connectivity index (χ1n) is 6.09. The lowest BCUT2D eigenvalue weighted by Crippen LogP contribution is -1.94. The molecule has 0 heterocycles. The summed E-state index contributed by atoms with van der Waals surface area (Å²) < 4.78 is 0. The van der Waals surface area contributed by atoms with Crippen LogP contribution < -0.4 is 0 Å². The van der Waals surface area contributed by atoms with Crippen LogP contribution in [0.15, 0.2) is 24.3 Å². The Bertz CT molecular complexity index is 256. The molecule has 0 aliphatic heterocycles. The number of rotatable bonds is 6. The van der Waals surface area contributed by atoms with Crippen molar-refractivity contribution in [3.05, 3.63) is 42.3 Å². The molecule has 1 aromatic carbocycles. The minimum Gasteiger partial charge on any atom is -0.0625 e. The zero-order valence-corrected chi connectivity index (χ0v) is 10.1. The Balaban J connectivity index is 2.42. The first kappa shape index (κ1) is 12.3. The van der Waals surface area contributed by atoms with Gasteiger partial charge < -0.3 is 0 Å². The van der Waals surface area contributed by atoms with Crippen LogP contribution in [0.25, 0.3) is 0 Å². The molecule has 15 heavy (non-hydrogen) atoms. The highest BCUT2D eigenvalue weighted by Crippen LogP contribution is 2.11.